The van der Waals surface area contributed by atoms with Crippen molar-refractivity contribution in [3.63, 3.8) is 0 Å². The molecule has 0 radical (unpaired) electrons. The summed E-state index contributed by atoms with van der Waals surface area (Å²) in [5, 5.41) is 16.4. The van der Waals surface area contributed by atoms with Crippen LogP contribution in [-0.4, -0.2) is 29.4 Å². The van der Waals surface area contributed by atoms with E-state index in [9.17, 15) is 19.7 Å². The van der Waals surface area contributed by atoms with Crippen LogP contribution in [0.3, 0.4) is 0 Å². The molecule has 1 aliphatic heterocycles. The first-order chi connectivity index (χ1) is 13.4. The molecule has 2 atom stereocenters. The third kappa shape index (κ3) is 4.23. The number of para-hydroxylation sites is 1. The van der Waals surface area contributed by atoms with E-state index in [2.05, 4.69) is 10.6 Å². The van der Waals surface area contributed by atoms with Crippen molar-refractivity contribution in [3.05, 3.63) is 68.7 Å². The monoisotopic (exact) mass is 403 g/mol. The maximum absolute atomic E-state index is 12.5. The zero-order valence-electron chi connectivity index (χ0n) is 15.0. The molecule has 0 aliphatic carbocycles. The molecule has 0 fully saturated rings. The molecule has 0 bridgehead atoms. The van der Waals surface area contributed by atoms with Gasteiger partial charge in [0.2, 0.25) is 5.91 Å². The first kappa shape index (κ1) is 19.6. The zero-order chi connectivity index (χ0) is 20.3. The summed E-state index contributed by atoms with van der Waals surface area (Å²) in [6.45, 7) is 2.03. The van der Waals surface area contributed by atoms with Crippen molar-refractivity contribution in [2.45, 2.75) is 25.4 Å². The van der Waals surface area contributed by atoms with Crippen molar-refractivity contribution in [2.24, 2.45) is 0 Å². The Balaban J connectivity index is 1.66. The molecule has 28 heavy (non-hydrogen) atoms. The minimum atomic E-state index is -0.836. The predicted molar refractivity (Wildman–Crippen MR) is 102 cm³/mol. The molecule has 0 spiro atoms. The summed E-state index contributed by atoms with van der Waals surface area (Å²) in [6.07, 6.45) is 0.618. The van der Waals surface area contributed by atoms with Crippen LogP contribution in [-0.2, 0) is 4.79 Å². The van der Waals surface area contributed by atoms with E-state index in [1.54, 1.807) is 6.92 Å². The summed E-state index contributed by atoms with van der Waals surface area (Å²) >= 11 is 5.75. The SMILES string of the molecule is C[C@H](NC(=O)c1ccc(Cl)c([N+](=O)[O-])c1)C(=O)N[C@@H]1CCOc2ccccc21. The molecule has 2 amide bonds. The number of hydrogen-bond acceptors (Lipinski definition) is 5. The normalized spacial score (nSPS) is 16.3. The number of nitro groups is 1. The summed E-state index contributed by atoms with van der Waals surface area (Å²) in [7, 11) is 0. The van der Waals surface area contributed by atoms with Crippen molar-refractivity contribution in [2.75, 3.05) is 6.61 Å². The number of carbonyl (C=O) groups excluding carboxylic acids is 2. The maximum Gasteiger partial charge on any atom is 0.288 e. The topological polar surface area (TPSA) is 111 Å². The lowest BCUT2D eigenvalue weighted by Crippen LogP contribution is -2.46. The van der Waals surface area contributed by atoms with Gasteiger partial charge in [-0.1, -0.05) is 29.8 Å². The van der Waals surface area contributed by atoms with Crippen molar-refractivity contribution in [1.29, 1.82) is 0 Å². The number of carbonyl (C=O) groups is 2. The van der Waals surface area contributed by atoms with Crippen LogP contribution in [0, 0.1) is 10.1 Å². The summed E-state index contributed by atoms with van der Waals surface area (Å²) in [4.78, 5) is 35.2. The standard InChI is InChI=1S/C19H18ClN3O5/c1-11(21-19(25)12-6-7-14(20)16(10-12)23(26)27)18(24)22-15-8-9-28-17-5-3-2-4-13(15)17/h2-7,10-11,15H,8-9H2,1H3,(H,21,25)(H,22,24)/t11-,15+/m0/s1. The van der Waals surface area contributed by atoms with Crippen LogP contribution in [0.1, 0.15) is 35.3 Å². The van der Waals surface area contributed by atoms with E-state index in [0.717, 1.165) is 17.4 Å². The number of benzene rings is 2. The van der Waals surface area contributed by atoms with Crippen molar-refractivity contribution in [1.82, 2.24) is 10.6 Å². The Labute approximate surface area is 166 Å². The van der Waals surface area contributed by atoms with Gasteiger partial charge in [0.25, 0.3) is 11.6 Å². The minimum absolute atomic E-state index is 0.0483. The summed E-state index contributed by atoms with van der Waals surface area (Å²) in [5.41, 5.74) is 0.561. The Morgan fingerprint density at radius 3 is 2.79 bits per heavy atom. The fourth-order valence-electron chi connectivity index (χ4n) is 2.93. The molecule has 3 rings (SSSR count). The second kappa shape index (κ2) is 8.26. The number of hydrogen-bond donors (Lipinski definition) is 2. The first-order valence-corrected chi connectivity index (χ1v) is 9.01. The minimum Gasteiger partial charge on any atom is -0.493 e. The molecule has 2 N–H and O–H groups in total. The summed E-state index contributed by atoms with van der Waals surface area (Å²) in [5.74, 6) is -0.238. The van der Waals surface area contributed by atoms with Gasteiger partial charge in [0.1, 0.15) is 16.8 Å². The largest absolute Gasteiger partial charge is 0.493 e. The Bertz CT molecular complexity index is 934. The van der Waals surface area contributed by atoms with Gasteiger partial charge in [-0.25, -0.2) is 0 Å². The van der Waals surface area contributed by atoms with Crippen molar-refractivity contribution in [3.8, 4) is 5.75 Å². The van der Waals surface area contributed by atoms with E-state index in [4.69, 9.17) is 16.3 Å². The maximum atomic E-state index is 12.5. The number of nitrogens with zero attached hydrogens (tertiary/aromatic N) is 1. The molecular formula is C19H18ClN3O5. The van der Waals surface area contributed by atoms with Crippen molar-refractivity contribution < 1.29 is 19.2 Å². The van der Waals surface area contributed by atoms with E-state index in [0.29, 0.717) is 13.0 Å². The average Bonchev–Trinajstić information content (AvgIpc) is 2.68. The molecule has 9 heteroatoms. The van der Waals surface area contributed by atoms with Crippen LogP contribution in [0.2, 0.25) is 5.02 Å². The summed E-state index contributed by atoms with van der Waals surface area (Å²) < 4.78 is 5.57. The average molecular weight is 404 g/mol. The second-order valence-corrected chi connectivity index (χ2v) is 6.76. The van der Waals surface area contributed by atoms with Crippen molar-refractivity contribution >= 4 is 29.1 Å². The van der Waals surface area contributed by atoms with E-state index < -0.39 is 16.9 Å². The molecule has 0 saturated heterocycles. The lowest BCUT2D eigenvalue weighted by atomic mass is 10.0. The van der Waals surface area contributed by atoms with Gasteiger partial charge in [-0.05, 0) is 25.1 Å². The lowest BCUT2D eigenvalue weighted by Gasteiger charge is -2.27. The number of nitro benzene ring substituents is 1. The number of ether oxygens (including phenoxy) is 1. The highest BCUT2D eigenvalue weighted by Gasteiger charge is 2.26. The fourth-order valence-corrected chi connectivity index (χ4v) is 3.11. The van der Waals surface area contributed by atoms with Gasteiger partial charge in [-0.2, -0.15) is 0 Å². The number of amides is 2. The van der Waals surface area contributed by atoms with Gasteiger partial charge in [0.05, 0.1) is 17.6 Å². The highest BCUT2D eigenvalue weighted by molar-refractivity contribution is 6.32. The zero-order valence-corrected chi connectivity index (χ0v) is 15.7. The number of halogens is 1. The second-order valence-electron chi connectivity index (χ2n) is 6.35. The molecule has 0 saturated carbocycles. The van der Waals surface area contributed by atoms with Gasteiger partial charge in [-0.15, -0.1) is 0 Å². The van der Waals surface area contributed by atoms with Crippen LogP contribution in [0.5, 0.6) is 5.75 Å². The molecule has 2 aromatic rings. The highest BCUT2D eigenvalue weighted by atomic mass is 35.5. The van der Waals surface area contributed by atoms with E-state index in [-0.39, 0.29) is 28.2 Å². The van der Waals surface area contributed by atoms with Crippen LogP contribution < -0.4 is 15.4 Å². The Hall–Kier alpha value is -3.13. The summed E-state index contributed by atoms with van der Waals surface area (Å²) in [6, 6.07) is 10.1. The number of fused-ring (bicyclic) bond motifs is 1. The molecular weight excluding hydrogens is 386 g/mol. The van der Waals surface area contributed by atoms with E-state index in [1.807, 2.05) is 24.3 Å². The Morgan fingerprint density at radius 2 is 2.04 bits per heavy atom. The molecule has 1 aliphatic rings. The van der Waals surface area contributed by atoms with Crippen LogP contribution >= 0.6 is 11.6 Å². The van der Waals surface area contributed by atoms with Crippen LogP contribution in [0.15, 0.2) is 42.5 Å². The molecule has 2 aromatic carbocycles. The third-order valence-corrected chi connectivity index (χ3v) is 4.74. The lowest BCUT2D eigenvalue weighted by molar-refractivity contribution is -0.384. The van der Waals surface area contributed by atoms with Crippen LogP contribution in [0.25, 0.3) is 0 Å². The fraction of sp³-hybridized carbons (Fsp3) is 0.263. The van der Waals surface area contributed by atoms with E-state index in [1.165, 1.54) is 12.1 Å². The van der Waals surface area contributed by atoms with Crippen LogP contribution in [0.4, 0.5) is 5.69 Å². The van der Waals surface area contributed by atoms with Gasteiger partial charge in [0.15, 0.2) is 0 Å². The van der Waals surface area contributed by atoms with Gasteiger partial charge >= 0.3 is 0 Å². The Kier molecular flexibility index (Phi) is 5.79. The predicted octanol–water partition coefficient (Wildman–Crippen LogP) is 3.01. The number of nitrogens with one attached hydrogen (secondary N) is 2. The quantitative estimate of drug-likeness (QED) is 0.589. The molecule has 0 unspecified atom stereocenters. The molecule has 8 nitrogen and oxygen atoms in total. The number of rotatable bonds is 5. The smallest absolute Gasteiger partial charge is 0.288 e. The third-order valence-electron chi connectivity index (χ3n) is 4.42. The molecule has 146 valence electrons. The van der Waals surface area contributed by atoms with Gasteiger partial charge in [0, 0.05) is 23.6 Å². The molecule has 0 aromatic heterocycles. The molecule has 1 heterocycles. The first-order valence-electron chi connectivity index (χ1n) is 8.63. The van der Waals surface area contributed by atoms with Gasteiger partial charge < -0.3 is 15.4 Å². The Morgan fingerprint density at radius 1 is 1.29 bits per heavy atom. The van der Waals surface area contributed by atoms with E-state index >= 15 is 0 Å². The highest BCUT2D eigenvalue weighted by Crippen LogP contribution is 2.31. The van der Waals surface area contributed by atoms with Gasteiger partial charge in [-0.3, -0.25) is 19.7 Å².